The molecule has 80 valence electrons. The maximum absolute atomic E-state index is 4.15. The van der Waals surface area contributed by atoms with Crippen molar-refractivity contribution in [1.29, 1.82) is 0 Å². The van der Waals surface area contributed by atoms with Crippen LogP contribution in [0.15, 0.2) is 24.5 Å². The van der Waals surface area contributed by atoms with Gasteiger partial charge in [-0.05, 0) is 24.6 Å². The molecule has 2 aliphatic rings. The molecule has 0 amide bonds. The lowest BCUT2D eigenvalue weighted by Gasteiger charge is -2.47. The lowest BCUT2D eigenvalue weighted by Crippen LogP contribution is -2.56. The monoisotopic (exact) mass is 203 g/mol. The van der Waals surface area contributed by atoms with Crippen LogP contribution in [0.4, 0.5) is 0 Å². The van der Waals surface area contributed by atoms with E-state index in [1.165, 1.54) is 38.2 Å². The van der Waals surface area contributed by atoms with Gasteiger partial charge in [0.25, 0.3) is 0 Å². The van der Waals surface area contributed by atoms with Gasteiger partial charge in [-0.1, -0.05) is 6.07 Å². The molecule has 1 aromatic rings. The van der Waals surface area contributed by atoms with Crippen LogP contribution >= 0.6 is 0 Å². The molecule has 2 fully saturated rings. The molecule has 0 bridgehead atoms. The minimum Gasteiger partial charge on any atom is -0.316 e. The van der Waals surface area contributed by atoms with Crippen LogP contribution in [0.1, 0.15) is 12.0 Å². The number of pyridine rings is 1. The van der Waals surface area contributed by atoms with Crippen LogP contribution in [0.3, 0.4) is 0 Å². The van der Waals surface area contributed by atoms with Gasteiger partial charge in [0.2, 0.25) is 0 Å². The third kappa shape index (κ3) is 1.77. The van der Waals surface area contributed by atoms with Crippen molar-refractivity contribution >= 4 is 0 Å². The van der Waals surface area contributed by atoms with Gasteiger partial charge in [-0.2, -0.15) is 0 Å². The highest BCUT2D eigenvalue weighted by molar-refractivity contribution is 5.10. The quantitative estimate of drug-likeness (QED) is 0.773. The highest BCUT2D eigenvalue weighted by Crippen LogP contribution is 2.36. The number of hydrogen-bond donors (Lipinski definition) is 1. The fourth-order valence-corrected chi connectivity index (χ4v) is 2.83. The molecule has 1 N–H and O–H groups in total. The van der Waals surface area contributed by atoms with Crippen molar-refractivity contribution in [1.82, 2.24) is 15.2 Å². The molecule has 3 heterocycles. The Morgan fingerprint density at radius 3 is 3.07 bits per heavy atom. The van der Waals surface area contributed by atoms with E-state index in [0.29, 0.717) is 5.41 Å². The van der Waals surface area contributed by atoms with E-state index in [1.54, 1.807) is 0 Å². The predicted octanol–water partition coefficient (Wildman–Crippen LogP) is 0.877. The second-order valence-electron chi connectivity index (χ2n) is 4.93. The molecule has 2 aliphatic heterocycles. The average molecular weight is 203 g/mol. The van der Waals surface area contributed by atoms with Gasteiger partial charge in [-0.3, -0.25) is 9.88 Å². The van der Waals surface area contributed by atoms with Crippen LogP contribution in [-0.2, 0) is 6.54 Å². The van der Waals surface area contributed by atoms with Gasteiger partial charge >= 0.3 is 0 Å². The Morgan fingerprint density at radius 2 is 2.40 bits per heavy atom. The molecule has 1 aromatic heterocycles. The summed E-state index contributed by atoms with van der Waals surface area (Å²) in [5.41, 5.74) is 1.95. The van der Waals surface area contributed by atoms with Crippen LogP contribution in [-0.4, -0.2) is 36.1 Å². The standard InChI is InChI=1S/C12H17N3/c1-2-11(6-13-4-1)7-15-9-12(10-15)3-5-14-8-12/h1-2,4,6,14H,3,5,7-10H2. The normalized spacial score (nSPS) is 24.3. The van der Waals surface area contributed by atoms with Gasteiger partial charge in [-0.15, -0.1) is 0 Å². The Balaban J connectivity index is 1.56. The fourth-order valence-electron chi connectivity index (χ4n) is 2.83. The maximum Gasteiger partial charge on any atom is 0.0312 e. The summed E-state index contributed by atoms with van der Waals surface area (Å²) >= 11 is 0. The molecule has 0 saturated carbocycles. The molecular formula is C12H17N3. The first-order valence-electron chi connectivity index (χ1n) is 5.68. The van der Waals surface area contributed by atoms with Crippen LogP contribution in [0.2, 0.25) is 0 Å². The fraction of sp³-hybridized carbons (Fsp3) is 0.583. The summed E-state index contributed by atoms with van der Waals surface area (Å²) in [5, 5.41) is 3.46. The molecule has 3 heteroatoms. The summed E-state index contributed by atoms with van der Waals surface area (Å²) in [6, 6.07) is 4.17. The Morgan fingerprint density at radius 1 is 1.47 bits per heavy atom. The summed E-state index contributed by atoms with van der Waals surface area (Å²) in [6.45, 7) is 6.01. The first-order valence-corrected chi connectivity index (χ1v) is 5.68. The Bertz CT molecular complexity index is 322. The topological polar surface area (TPSA) is 28.2 Å². The van der Waals surface area contributed by atoms with Gasteiger partial charge in [0.15, 0.2) is 0 Å². The van der Waals surface area contributed by atoms with Crippen molar-refractivity contribution in [3.05, 3.63) is 30.1 Å². The average Bonchev–Trinajstić information content (AvgIpc) is 2.68. The molecule has 15 heavy (non-hydrogen) atoms. The summed E-state index contributed by atoms with van der Waals surface area (Å²) in [6.07, 6.45) is 5.16. The number of nitrogens with zero attached hydrogens (tertiary/aromatic N) is 2. The van der Waals surface area contributed by atoms with Gasteiger partial charge in [-0.25, -0.2) is 0 Å². The van der Waals surface area contributed by atoms with Gasteiger partial charge < -0.3 is 5.32 Å². The molecule has 0 atom stereocenters. The number of likely N-dealkylation sites (tertiary alicyclic amines) is 1. The van der Waals surface area contributed by atoms with E-state index in [2.05, 4.69) is 21.3 Å². The summed E-state index contributed by atoms with van der Waals surface area (Å²) in [5.74, 6) is 0. The van der Waals surface area contributed by atoms with Crippen molar-refractivity contribution in [3.8, 4) is 0 Å². The number of rotatable bonds is 2. The minimum atomic E-state index is 0.613. The van der Waals surface area contributed by atoms with Crippen LogP contribution in [0, 0.1) is 5.41 Å². The van der Waals surface area contributed by atoms with E-state index >= 15 is 0 Å². The minimum absolute atomic E-state index is 0.613. The zero-order chi connectivity index (χ0) is 10.1. The SMILES string of the molecule is c1cncc(CN2CC3(CCNC3)C2)c1. The molecule has 0 aliphatic carbocycles. The highest BCUT2D eigenvalue weighted by Gasteiger charge is 2.44. The van der Waals surface area contributed by atoms with E-state index in [-0.39, 0.29) is 0 Å². The number of nitrogens with one attached hydrogen (secondary N) is 1. The van der Waals surface area contributed by atoms with Crippen molar-refractivity contribution < 1.29 is 0 Å². The summed E-state index contributed by atoms with van der Waals surface area (Å²) < 4.78 is 0. The predicted molar refractivity (Wildman–Crippen MR) is 59.4 cm³/mol. The molecular weight excluding hydrogens is 186 g/mol. The van der Waals surface area contributed by atoms with Gasteiger partial charge in [0.1, 0.15) is 0 Å². The lowest BCUT2D eigenvalue weighted by atomic mass is 9.79. The Labute approximate surface area is 90.5 Å². The van der Waals surface area contributed by atoms with Crippen molar-refractivity contribution in [2.75, 3.05) is 26.2 Å². The zero-order valence-corrected chi connectivity index (χ0v) is 8.95. The van der Waals surface area contributed by atoms with Gasteiger partial charge in [0, 0.05) is 44.0 Å². The maximum atomic E-state index is 4.15. The first-order chi connectivity index (χ1) is 7.36. The van der Waals surface area contributed by atoms with E-state index in [9.17, 15) is 0 Å². The van der Waals surface area contributed by atoms with E-state index in [0.717, 1.165) is 6.54 Å². The van der Waals surface area contributed by atoms with Gasteiger partial charge in [0.05, 0.1) is 0 Å². The molecule has 2 saturated heterocycles. The Hall–Kier alpha value is -0.930. The largest absolute Gasteiger partial charge is 0.316 e. The molecule has 0 radical (unpaired) electrons. The van der Waals surface area contributed by atoms with Crippen molar-refractivity contribution in [2.24, 2.45) is 5.41 Å². The smallest absolute Gasteiger partial charge is 0.0312 e. The molecule has 3 nitrogen and oxygen atoms in total. The third-order valence-corrected chi connectivity index (χ3v) is 3.58. The van der Waals surface area contributed by atoms with Crippen LogP contribution < -0.4 is 5.32 Å². The molecule has 0 unspecified atom stereocenters. The zero-order valence-electron chi connectivity index (χ0n) is 8.95. The second-order valence-corrected chi connectivity index (χ2v) is 4.93. The highest BCUT2D eigenvalue weighted by atomic mass is 15.2. The van der Waals surface area contributed by atoms with Crippen molar-refractivity contribution in [3.63, 3.8) is 0 Å². The number of aromatic nitrogens is 1. The Kier molecular flexibility index (Phi) is 2.22. The molecule has 1 spiro atoms. The van der Waals surface area contributed by atoms with E-state index in [1.807, 2.05) is 18.5 Å². The lowest BCUT2D eigenvalue weighted by molar-refractivity contribution is 0.0103. The van der Waals surface area contributed by atoms with E-state index in [4.69, 9.17) is 0 Å². The van der Waals surface area contributed by atoms with Crippen molar-refractivity contribution in [2.45, 2.75) is 13.0 Å². The van der Waals surface area contributed by atoms with E-state index < -0.39 is 0 Å². The number of hydrogen-bond acceptors (Lipinski definition) is 3. The second kappa shape index (κ2) is 3.58. The molecule has 0 aromatic carbocycles. The summed E-state index contributed by atoms with van der Waals surface area (Å²) in [4.78, 5) is 6.66. The summed E-state index contributed by atoms with van der Waals surface area (Å²) in [7, 11) is 0. The first kappa shape index (κ1) is 9.31. The van der Waals surface area contributed by atoms with Crippen LogP contribution in [0.5, 0.6) is 0 Å². The molecule has 3 rings (SSSR count). The third-order valence-electron chi connectivity index (χ3n) is 3.58. The van der Waals surface area contributed by atoms with Crippen LogP contribution in [0.25, 0.3) is 0 Å².